The fourth-order valence-electron chi connectivity index (χ4n) is 0.495. The van der Waals surface area contributed by atoms with Crippen LogP contribution >= 0.6 is 0 Å². The van der Waals surface area contributed by atoms with E-state index >= 15 is 0 Å². The van der Waals surface area contributed by atoms with Crippen LogP contribution < -0.4 is 51.4 Å². The van der Waals surface area contributed by atoms with E-state index in [4.69, 9.17) is 0 Å². The van der Waals surface area contributed by atoms with Crippen LogP contribution in [0.1, 0.15) is 5.82 Å². The van der Waals surface area contributed by atoms with Gasteiger partial charge in [-0.3, -0.25) is 4.68 Å². The van der Waals surface area contributed by atoms with Crippen LogP contribution in [0.15, 0.2) is 6.33 Å². The van der Waals surface area contributed by atoms with Crippen LogP contribution in [-0.4, -0.2) is 14.8 Å². The molecule has 0 aromatic carbocycles. The van der Waals surface area contributed by atoms with Gasteiger partial charge in [0.15, 0.2) is 0 Å². The Morgan fingerprint density at radius 2 is 2.44 bits per heavy atom. The van der Waals surface area contributed by atoms with Crippen molar-refractivity contribution < 1.29 is 51.4 Å². The Labute approximate surface area is 97.3 Å². The number of hydrogen-bond acceptors (Lipinski definition) is 2. The largest absolute Gasteiger partial charge is 1.00 e. The molecule has 9 heavy (non-hydrogen) atoms. The number of aromatic nitrogens is 3. The maximum absolute atomic E-state index is 3.97. The Kier molecular flexibility index (Phi) is 4.96. The average Bonchev–Trinajstić information content (AvgIpc) is 2.14. The summed E-state index contributed by atoms with van der Waals surface area (Å²) in [6.45, 7) is 6.14. The van der Waals surface area contributed by atoms with Gasteiger partial charge in [-0.15, -0.1) is 0 Å². The quantitative estimate of drug-likeness (QED) is 0.324. The molecule has 1 aromatic rings. The van der Waals surface area contributed by atoms with Crippen molar-refractivity contribution in [2.24, 2.45) is 0 Å². The van der Waals surface area contributed by atoms with Crippen molar-refractivity contribution in [1.82, 2.24) is 14.8 Å². The van der Waals surface area contributed by atoms with Gasteiger partial charge in [0.25, 0.3) is 0 Å². The maximum atomic E-state index is 3.97. The van der Waals surface area contributed by atoms with Crippen molar-refractivity contribution in [1.29, 1.82) is 0 Å². The second kappa shape index (κ2) is 4.57. The van der Waals surface area contributed by atoms with Gasteiger partial charge in [-0.1, -0.05) is 6.54 Å². The molecule has 3 nitrogen and oxygen atoms in total. The summed E-state index contributed by atoms with van der Waals surface area (Å²) in [5.41, 5.74) is 0. The van der Waals surface area contributed by atoms with E-state index in [0.29, 0.717) is 6.54 Å². The minimum atomic E-state index is 0. The number of aryl methyl sites for hydroxylation is 1. The molecule has 0 unspecified atom stereocenters. The molecule has 0 aliphatic carbocycles. The Balaban J connectivity index is 0.000000640. The molecule has 0 amide bonds. The van der Waals surface area contributed by atoms with Gasteiger partial charge in [-0.25, -0.2) is 4.98 Å². The summed E-state index contributed by atoms with van der Waals surface area (Å²) in [5.74, 6) is 0.800. The minimum Gasteiger partial charge on any atom is -0.322 e. The first-order valence-electron chi connectivity index (χ1n) is 2.48. The summed E-state index contributed by atoms with van der Waals surface area (Å²) in [6, 6.07) is 0. The van der Waals surface area contributed by atoms with Crippen molar-refractivity contribution in [3.63, 3.8) is 0 Å². The molecule has 0 spiro atoms. The predicted octanol–water partition coefficient (Wildman–Crippen LogP) is -2.58. The third-order valence-corrected chi connectivity index (χ3v) is 0.880. The first kappa shape index (κ1) is 9.78. The van der Waals surface area contributed by atoms with Gasteiger partial charge in [0.05, 0.1) is 0 Å². The van der Waals surface area contributed by atoms with Crippen molar-refractivity contribution >= 4 is 0 Å². The molecule has 1 heterocycles. The smallest absolute Gasteiger partial charge is 0.322 e. The summed E-state index contributed by atoms with van der Waals surface area (Å²) in [6.07, 6.45) is 1.67. The molecule has 4 heteroatoms. The van der Waals surface area contributed by atoms with E-state index in [9.17, 15) is 0 Å². The molecular weight excluding hydrogens is 141 g/mol. The zero-order chi connectivity index (χ0) is 5.98. The SMILES string of the molecule is [CH2-]Cn1cnc(C)n1.[K+]. The van der Waals surface area contributed by atoms with Crippen molar-refractivity contribution in [3.05, 3.63) is 19.1 Å². The molecular formula is C5H8KN3. The van der Waals surface area contributed by atoms with E-state index in [2.05, 4.69) is 17.0 Å². The van der Waals surface area contributed by atoms with E-state index in [1.54, 1.807) is 11.0 Å². The van der Waals surface area contributed by atoms with Gasteiger partial charge in [-0.2, -0.15) is 5.10 Å². The summed E-state index contributed by atoms with van der Waals surface area (Å²) in [7, 11) is 0. The Morgan fingerprint density at radius 3 is 2.67 bits per heavy atom. The van der Waals surface area contributed by atoms with Gasteiger partial charge in [0.2, 0.25) is 0 Å². The van der Waals surface area contributed by atoms with Crippen LogP contribution in [0.4, 0.5) is 0 Å². The van der Waals surface area contributed by atoms with Gasteiger partial charge < -0.3 is 6.92 Å². The van der Waals surface area contributed by atoms with E-state index < -0.39 is 0 Å². The topological polar surface area (TPSA) is 30.7 Å². The number of rotatable bonds is 1. The van der Waals surface area contributed by atoms with E-state index in [-0.39, 0.29) is 51.4 Å². The molecule has 0 N–H and O–H groups in total. The molecule has 1 aromatic heterocycles. The summed E-state index contributed by atoms with van der Waals surface area (Å²) in [4.78, 5) is 3.90. The van der Waals surface area contributed by atoms with Crippen molar-refractivity contribution in [2.45, 2.75) is 13.5 Å². The first-order valence-corrected chi connectivity index (χ1v) is 2.48. The zero-order valence-electron chi connectivity index (χ0n) is 5.83. The molecule has 0 fully saturated rings. The third kappa shape index (κ3) is 2.91. The van der Waals surface area contributed by atoms with E-state index in [0.717, 1.165) is 5.82 Å². The van der Waals surface area contributed by atoms with Crippen molar-refractivity contribution in [3.8, 4) is 0 Å². The number of nitrogens with zero attached hydrogens (tertiary/aromatic N) is 3. The molecule has 44 valence electrons. The Morgan fingerprint density at radius 1 is 1.78 bits per heavy atom. The molecule has 0 aliphatic rings. The average molecular weight is 149 g/mol. The summed E-state index contributed by atoms with van der Waals surface area (Å²) < 4.78 is 1.69. The van der Waals surface area contributed by atoms with Gasteiger partial charge >= 0.3 is 51.4 Å². The van der Waals surface area contributed by atoms with Crippen LogP contribution in [0.5, 0.6) is 0 Å². The number of hydrogen-bond donors (Lipinski definition) is 0. The molecule has 0 radical (unpaired) electrons. The van der Waals surface area contributed by atoms with Crippen LogP contribution in [-0.2, 0) is 6.54 Å². The maximum Gasteiger partial charge on any atom is 1.00 e. The Bertz CT molecular complexity index is 172. The van der Waals surface area contributed by atoms with Crippen LogP contribution in [0, 0.1) is 13.8 Å². The van der Waals surface area contributed by atoms with Gasteiger partial charge in [-0.05, 0) is 6.92 Å². The third-order valence-electron chi connectivity index (χ3n) is 0.880. The van der Waals surface area contributed by atoms with Gasteiger partial charge in [0.1, 0.15) is 12.2 Å². The molecule has 0 aliphatic heterocycles. The van der Waals surface area contributed by atoms with E-state index in [1.165, 1.54) is 0 Å². The molecule has 0 saturated heterocycles. The normalized spacial score (nSPS) is 8.67. The Hall–Kier alpha value is 0.776. The molecule has 0 saturated carbocycles. The predicted molar refractivity (Wildman–Crippen MR) is 30.1 cm³/mol. The van der Waals surface area contributed by atoms with Crippen LogP contribution in [0.3, 0.4) is 0 Å². The van der Waals surface area contributed by atoms with Crippen LogP contribution in [0.2, 0.25) is 0 Å². The van der Waals surface area contributed by atoms with Crippen molar-refractivity contribution in [2.75, 3.05) is 0 Å². The summed E-state index contributed by atoms with van der Waals surface area (Å²) in [5, 5.41) is 3.97. The fraction of sp³-hybridized carbons (Fsp3) is 0.400. The zero-order valence-corrected chi connectivity index (χ0v) is 8.96. The summed E-state index contributed by atoms with van der Waals surface area (Å²) >= 11 is 0. The second-order valence-corrected chi connectivity index (χ2v) is 1.55. The molecule has 1 rings (SSSR count). The second-order valence-electron chi connectivity index (χ2n) is 1.55. The van der Waals surface area contributed by atoms with Gasteiger partial charge in [0, 0.05) is 0 Å². The van der Waals surface area contributed by atoms with Crippen LogP contribution in [0.25, 0.3) is 0 Å². The minimum absolute atomic E-state index is 0. The first-order chi connectivity index (χ1) is 3.83. The standard InChI is InChI=1S/C5H8N3.K/c1-3-8-4-6-5(2)7-8;/h4H,1,3H2,2H3;/q-1;+1. The monoisotopic (exact) mass is 149 g/mol. The molecule has 0 bridgehead atoms. The fourth-order valence-corrected chi connectivity index (χ4v) is 0.495. The molecule has 0 atom stereocenters. The van der Waals surface area contributed by atoms with E-state index in [1.807, 2.05) is 6.92 Å².